The number of hydrogen-bond donors (Lipinski definition) is 2. The molecule has 3 rings (SSSR count). The van der Waals surface area contributed by atoms with Gasteiger partial charge in [0.2, 0.25) is 0 Å². The molecule has 23 heavy (non-hydrogen) atoms. The maximum Gasteiger partial charge on any atom is 0.253 e. The van der Waals surface area contributed by atoms with Crippen molar-refractivity contribution in [3.63, 3.8) is 0 Å². The van der Waals surface area contributed by atoms with Crippen LogP contribution in [0.1, 0.15) is 18.4 Å². The van der Waals surface area contributed by atoms with Crippen molar-refractivity contribution >= 4 is 17.0 Å². The first-order chi connectivity index (χ1) is 11.0. The van der Waals surface area contributed by atoms with Gasteiger partial charge in [0.25, 0.3) is 5.56 Å². The highest BCUT2D eigenvalue weighted by Crippen LogP contribution is 2.33. The van der Waals surface area contributed by atoms with Gasteiger partial charge in [0.1, 0.15) is 0 Å². The minimum atomic E-state index is -1.53. The van der Waals surface area contributed by atoms with E-state index in [0.29, 0.717) is 10.5 Å². The first-order valence-corrected chi connectivity index (χ1v) is 8.88. The summed E-state index contributed by atoms with van der Waals surface area (Å²) < 4.78 is 13.2. The van der Waals surface area contributed by atoms with Crippen LogP contribution in [0.15, 0.2) is 40.2 Å². The van der Waals surface area contributed by atoms with Crippen LogP contribution in [-0.4, -0.2) is 15.7 Å². The maximum absolute atomic E-state index is 11.9. The molecule has 0 spiro atoms. The smallest absolute Gasteiger partial charge is 0.253 e. The number of nitrogens with two attached hydrogens (primary N) is 1. The molecule has 1 fully saturated rings. The summed E-state index contributed by atoms with van der Waals surface area (Å²) in [6, 6.07) is 7.40. The lowest BCUT2D eigenvalue weighted by Crippen LogP contribution is -2.18. The van der Waals surface area contributed by atoms with Crippen LogP contribution in [0.5, 0.6) is 0 Å². The van der Waals surface area contributed by atoms with Gasteiger partial charge >= 0.3 is 0 Å². The number of aromatic nitrogens is 1. The highest BCUT2D eigenvalue weighted by molar-refractivity contribution is 7.89. The van der Waals surface area contributed by atoms with Crippen molar-refractivity contribution < 1.29 is 4.55 Å². The summed E-state index contributed by atoms with van der Waals surface area (Å²) in [7, 11) is 1.74. The number of nitrogens with one attached hydrogen (secondary N) is 1. The van der Waals surface area contributed by atoms with Crippen molar-refractivity contribution in [2.24, 2.45) is 18.1 Å². The van der Waals surface area contributed by atoms with Crippen molar-refractivity contribution in [1.82, 2.24) is 4.57 Å². The number of pyridine rings is 1. The normalized spacial score (nSPS) is 15.5. The molecule has 1 aromatic heterocycles. The van der Waals surface area contributed by atoms with Gasteiger partial charge in [0.15, 0.2) is 4.90 Å². The Morgan fingerprint density at radius 2 is 2.13 bits per heavy atom. The summed E-state index contributed by atoms with van der Waals surface area (Å²) in [5.74, 6) is 0.744. The van der Waals surface area contributed by atoms with Crippen molar-refractivity contribution in [2.45, 2.75) is 24.7 Å². The van der Waals surface area contributed by atoms with Crippen LogP contribution in [0, 0.1) is 12.8 Å². The van der Waals surface area contributed by atoms with Gasteiger partial charge in [-0.1, -0.05) is 0 Å². The number of anilines is 1. The number of aryl methyl sites for hydroxylation is 2. The van der Waals surface area contributed by atoms with E-state index in [0.717, 1.165) is 29.3 Å². The summed E-state index contributed by atoms with van der Waals surface area (Å²) in [6.45, 7) is 2.73. The lowest BCUT2D eigenvalue weighted by atomic mass is 10.0. The zero-order valence-electron chi connectivity index (χ0n) is 13.3. The Hall–Kier alpha value is -1.76. The van der Waals surface area contributed by atoms with Gasteiger partial charge in [-0.25, -0.2) is 0 Å². The molecule has 122 valence electrons. The Morgan fingerprint density at radius 1 is 1.39 bits per heavy atom. The second-order valence-corrected chi connectivity index (χ2v) is 7.22. The van der Waals surface area contributed by atoms with Crippen molar-refractivity contribution in [1.29, 1.82) is 0 Å². The summed E-state index contributed by atoms with van der Waals surface area (Å²) in [4.78, 5) is 12.5. The topological polar surface area (TPSA) is 83.1 Å². The minimum Gasteiger partial charge on any atom is -0.593 e. The largest absolute Gasteiger partial charge is 0.593 e. The zero-order chi connectivity index (χ0) is 16.6. The Bertz CT molecular complexity index is 756. The Kier molecular flexibility index (Phi) is 4.48. The minimum absolute atomic E-state index is 0.0141. The highest BCUT2D eigenvalue weighted by atomic mass is 32.2. The van der Waals surface area contributed by atoms with Gasteiger partial charge in [-0.05, 0) is 43.9 Å². The summed E-state index contributed by atoms with van der Waals surface area (Å²) in [5, 5.41) is 8.99. The molecule has 0 radical (unpaired) electrons. The molecule has 1 heterocycles. The fourth-order valence-electron chi connectivity index (χ4n) is 2.64. The maximum atomic E-state index is 11.9. The molecule has 0 amide bonds. The number of benzene rings is 1. The molecule has 1 aliphatic rings. The molecule has 3 N–H and O–H groups in total. The van der Waals surface area contributed by atoms with Crippen LogP contribution >= 0.6 is 0 Å². The van der Waals surface area contributed by atoms with Crippen molar-refractivity contribution in [3.05, 3.63) is 46.4 Å². The van der Waals surface area contributed by atoms with Crippen LogP contribution < -0.4 is 16.0 Å². The van der Waals surface area contributed by atoms with E-state index in [2.05, 4.69) is 5.32 Å². The molecule has 5 nitrogen and oxygen atoms in total. The summed E-state index contributed by atoms with van der Waals surface area (Å²) in [6.07, 6.45) is 4.34. The Balaban J connectivity index is 2.05. The van der Waals surface area contributed by atoms with E-state index in [9.17, 15) is 9.35 Å². The molecule has 0 aliphatic heterocycles. The first kappa shape index (κ1) is 16.1. The molecule has 1 saturated carbocycles. The van der Waals surface area contributed by atoms with E-state index >= 15 is 0 Å². The molecule has 1 atom stereocenters. The van der Waals surface area contributed by atoms with Crippen LogP contribution in [0.3, 0.4) is 0 Å². The Morgan fingerprint density at radius 3 is 2.74 bits per heavy atom. The average Bonchev–Trinajstić information content (AvgIpc) is 3.34. The number of rotatable bonds is 5. The van der Waals surface area contributed by atoms with Gasteiger partial charge in [0, 0.05) is 48.2 Å². The van der Waals surface area contributed by atoms with Gasteiger partial charge in [-0.15, -0.1) is 5.14 Å². The molecule has 0 saturated heterocycles. The molecule has 1 aliphatic carbocycles. The van der Waals surface area contributed by atoms with Gasteiger partial charge in [-0.2, -0.15) is 0 Å². The lowest BCUT2D eigenvalue weighted by Gasteiger charge is -2.15. The van der Waals surface area contributed by atoms with Crippen molar-refractivity contribution in [2.75, 3.05) is 11.9 Å². The standard InChI is InChI=1S/C17H21N3O2S/c1-11-7-13(10-20(2)17(11)21)15-8-14(23(18)22)5-6-16(15)19-9-12-3-4-12/h5-8,10,12,19H,3-4,9,18H2,1-2H3. The molecule has 2 aromatic rings. The SMILES string of the molecule is Cc1cc(-c2cc([S+](N)[O-])ccc2NCC2CC2)cn(C)c1=O. The number of hydrogen-bond acceptors (Lipinski definition) is 4. The van der Waals surface area contributed by atoms with Gasteiger partial charge < -0.3 is 14.4 Å². The van der Waals surface area contributed by atoms with E-state index < -0.39 is 11.4 Å². The zero-order valence-corrected chi connectivity index (χ0v) is 14.2. The van der Waals surface area contributed by atoms with Crippen LogP contribution in [-0.2, 0) is 18.4 Å². The molecular formula is C17H21N3O2S. The third kappa shape index (κ3) is 3.60. The fraction of sp³-hybridized carbons (Fsp3) is 0.353. The monoisotopic (exact) mass is 331 g/mol. The molecule has 1 aromatic carbocycles. The van der Waals surface area contributed by atoms with Gasteiger partial charge in [-0.3, -0.25) is 4.79 Å². The van der Waals surface area contributed by atoms with E-state index in [4.69, 9.17) is 5.14 Å². The van der Waals surface area contributed by atoms with Crippen molar-refractivity contribution in [3.8, 4) is 11.1 Å². The second kappa shape index (κ2) is 6.39. The van der Waals surface area contributed by atoms with E-state index in [1.807, 2.05) is 18.2 Å². The third-order valence-electron chi connectivity index (χ3n) is 4.17. The predicted molar refractivity (Wildman–Crippen MR) is 93.7 cm³/mol. The lowest BCUT2D eigenvalue weighted by molar-refractivity contribution is 0.597. The molecule has 0 bridgehead atoms. The fourth-order valence-corrected chi connectivity index (χ4v) is 3.08. The second-order valence-electron chi connectivity index (χ2n) is 6.16. The van der Waals surface area contributed by atoms with Gasteiger partial charge in [0.05, 0.1) is 11.4 Å². The Labute approximate surface area is 138 Å². The van der Waals surface area contributed by atoms with E-state index in [1.54, 1.807) is 30.8 Å². The molecule has 6 heteroatoms. The predicted octanol–water partition coefficient (Wildman–Crippen LogP) is 2.16. The first-order valence-electron chi connectivity index (χ1n) is 7.67. The van der Waals surface area contributed by atoms with E-state index in [-0.39, 0.29) is 5.56 Å². The highest BCUT2D eigenvalue weighted by Gasteiger charge is 2.21. The summed E-state index contributed by atoms with van der Waals surface area (Å²) in [5.41, 5.74) is 3.47. The van der Waals surface area contributed by atoms with Crippen LogP contribution in [0.4, 0.5) is 5.69 Å². The molecular weight excluding hydrogens is 310 g/mol. The van der Waals surface area contributed by atoms with Crippen LogP contribution in [0.25, 0.3) is 11.1 Å². The molecule has 1 unspecified atom stereocenters. The number of nitrogens with zero attached hydrogens (tertiary/aromatic N) is 1. The van der Waals surface area contributed by atoms with E-state index in [1.165, 1.54) is 12.8 Å². The average molecular weight is 331 g/mol. The summed E-state index contributed by atoms with van der Waals surface area (Å²) >= 11 is -1.53. The third-order valence-corrected chi connectivity index (χ3v) is 4.89. The quantitative estimate of drug-likeness (QED) is 0.823. The van der Waals surface area contributed by atoms with Crippen LogP contribution in [0.2, 0.25) is 0 Å².